The van der Waals surface area contributed by atoms with Crippen LogP contribution in [-0.2, 0) is 10.2 Å². The Hall–Kier alpha value is -1.59. The summed E-state index contributed by atoms with van der Waals surface area (Å²) in [4.78, 5) is 10.8. The van der Waals surface area contributed by atoms with Crippen molar-refractivity contribution in [2.75, 3.05) is 6.54 Å². The molecule has 0 heterocycles. The van der Waals surface area contributed by atoms with E-state index in [2.05, 4.69) is 5.32 Å². The van der Waals surface area contributed by atoms with Gasteiger partial charge >= 0.3 is 0 Å². The predicted octanol–water partition coefficient (Wildman–Crippen LogP) is 1.22. The molecule has 0 aliphatic carbocycles. The average molecular weight is 281 g/mol. The first kappa shape index (κ1) is 16.5. The number of amides is 1. The first-order valence-electron chi connectivity index (χ1n) is 6.57. The van der Waals surface area contributed by atoms with E-state index in [1.165, 1.54) is 6.92 Å². The van der Waals surface area contributed by atoms with Crippen molar-refractivity contribution in [3.05, 3.63) is 29.3 Å². The second kappa shape index (κ2) is 6.24. The average Bonchev–Trinajstić information content (AvgIpc) is 2.33. The van der Waals surface area contributed by atoms with Crippen molar-refractivity contribution < 1.29 is 20.1 Å². The van der Waals surface area contributed by atoms with Crippen LogP contribution >= 0.6 is 0 Å². The molecule has 5 heteroatoms. The highest BCUT2D eigenvalue weighted by Gasteiger charge is 2.26. The monoisotopic (exact) mass is 281 g/mol. The molecule has 2 atom stereocenters. The van der Waals surface area contributed by atoms with E-state index in [-0.39, 0.29) is 29.2 Å². The van der Waals surface area contributed by atoms with Gasteiger partial charge in [-0.1, -0.05) is 39.0 Å². The lowest BCUT2D eigenvalue weighted by atomic mass is 9.84. The second-order valence-corrected chi connectivity index (χ2v) is 5.94. The van der Waals surface area contributed by atoms with Crippen LogP contribution in [0.1, 0.15) is 44.9 Å². The minimum atomic E-state index is -1.26. The van der Waals surface area contributed by atoms with Gasteiger partial charge in [0, 0.05) is 19.0 Å². The summed E-state index contributed by atoms with van der Waals surface area (Å²) < 4.78 is 0. The third-order valence-corrected chi connectivity index (χ3v) is 3.12. The van der Waals surface area contributed by atoms with Gasteiger partial charge in [-0.15, -0.1) is 0 Å². The smallest absolute Gasteiger partial charge is 0.216 e. The molecule has 0 aliphatic heterocycles. The molecule has 1 aromatic carbocycles. The molecule has 1 amide bonds. The number of hydrogen-bond donors (Lipinski definition) is 4. The van der Waals surface area contributed by atoms with Crippen molar-refractivity contribution in [3.63, 3.8) is 0 Å². The number of carbonyl (C=O) groups excluding carboxylic acids is 1. The van der Waals surface area contributed by atoms with Crippen molar-refractivity contribution in [1.82, 2.24) is 5.32 Å². The molecule has 0 bridgehead atoms. The highest BCUT2D eigenvalue weighted by Crippen LogP contribution is 2.36. The normalized spacial score (nSPS) is 14.7. The number of nitrogens with one attached hydrogen (secondary N) is 1. The standard InChI is InChI=1S/C15H23NO4/c1-9(17)16-8-12(18)14(20)10-6-5-7-11(13(10)19)15(2,3)4/h5-7,12,14,18-20H,8H2,1-4H3,(H,16,17). The maximum absolute atomic E-state index is 10.8. The van der Waals surface area contributed by atoms with Crippen molar-refractivity contribution >= 4 is 5.91 Å². The SMILES string of the molecule is CC(=O)NCC(O)C(O)c1cccc(C(C)(C)C)c1O. The summed E-state index contributed by atoms with van der Waals surface area (Å²) in [7, 11) is 0. The van der Waals surface area contributed by atoms with Crippen LogP contribution in [0.2, 0.25) is 0 Å². The molecular weight excluding hydrogens is 258 g/mol. The van der Waals surface area contributed by atoms with Gasteiger partial charge in [-0.25, -0.2) is 0 Å². The number of aliphatic hydroxyl groups excluding tert-OH is 2. The topological polar surface area (TPSA) is 89.8 Å². The number of para-hydroxylation sites is 1. The van der Waals surface area contributed by atoms with Crippen molar-refractivity contribution in [1.29, 1.82) is 0 Å². The van der Waals surface area contributed by atoms with Gasteiger partial charge in [0.15, 0.2) is 0 Å². The van der Waals surface area contributed by atoms with Gasteiger partial charge in [0.25, 0.3) is 0 Å². The molecule has 0 fully saturated rings. The molecule has 0 saturated carbocycles. The fraction of sp³-hybridized carbons (Fsp3) is 0.533. The molecule has 0 aliphatic rings. The lowest BCUT2D eigenvalue weighted by Gasteiger charge is -2.25. The van der Waals surface area contributed by atoms with Gasteiger partial charge in [-0.3, -0.25) is 4.79 Å². The maximum Gasteiger partial charge on any atom is 0.216 e. The van der Waals surface area contributed by atoms with Gasteiger partial charge < -0.3 is 20.6 Å². The molecule has 1 rings (SSSR count). The zero-order chi connectivity index (χ0) is 15.5. The molecular formula is C15H23NO4. The van der Waals surface area contributed by atoms with E-state index in [1.54, 1.807) is 18.2 Å². The number of hydrogen-bond acceptors (Lipinski definition) is 4. The largest absolute Gasteiger partial charge is 0.507 e. The zero-order valence-corrected chi connectivity index (χ0v) is 12.3. The lowest BCUT2D eigenvalue weighted by Crippen LogP contribution is -2.34. The number of phenolic OH excluding ortho intramolecular Hbond substituents is 1. The van der Waals surface area contributed by atoms with E-state index in [0.717, 1.165) is 0 Å². The van der Waals surface area contributed by atoms with Crippen molar-refractivity contribution in [3.8, 4) is 5.75 Å². The number of aliphatic hydroxyl groups is 2. The number of phenols is 1. The lowest BCUT2D eigenvalue weighted by molar-refractivity contribution is -0.119. The number of benzene rings is 1. The van der Waals surface area contributed by atoms with Crippen LogP contribution in [0.3, 0.4) is 0 Å². The molecule has 1 aromatic rings. The van der Waals surface area contributed by atoms with E-state index in [0.29, 0.717) is 5.56 Å². The molecule has 0 spiro atoms. The molecule has 112 valence electrons. The first-order chi connectivity index (χ1) is 9.14. The molecule has 0 saturated heterocycles. The van der Waals surface area contributed by atoms with Gasteiger partial charge in [0.2, 0.25) is 5.91 Å². The molecule has 0 radical (unpaired) electrons. The highest BCUT2D eigenvalue weighted by atomic mass is 16.3. The van der Waals surface area contributed by atoms with Crippen LogP contribution in [0.4, 0.5) is 0 Å². The summed E-state index contributed by atoms with van der Waals surface area (Å²) in [5.74, 6) is -0.307. The van der Waals surface area contributed by atoms with E-state index in [1.807, 2.05) is 20.8 Å². The highest BCUT2D eigenvalue weighted by molar-refractivity contribution is 5.72. The second-order valence-electron chi connectivity index (χ2n) is 5.94. The van der Waals surface area contributed by atoms with Crippen LogP contribution < -0.4 is 5.32 Å². The Balaban J connectivity index is 2.99. The minimum Gasteiger partial charge on any atom is -0.507 e. The van der Waals surface area contributed by atoms with E-state index >= 15 is 0 Å². The Morgan fingerprint density at radius 3 is 2.40 bits per heavy atom. The Bertz CT molecular complexity index is 479. The van der Waals surface area contributed by atoms with Crippen LogP contribution in [-0.4, -0.2) is 33.9 Å². The van der Waals surface area contributed by atoms with E-state index in [9.17, 15) is 20.1 Å². The molecule has 5 nitrogen and oxygen atoms in total. The summed E-state index contributed by atoms with van der Waals surface area (Å²) in [5, 5.41) is 32.7. The van der Waals surface area contributed by atoms with E-state index in [4.69, 9.17) is 0 Å². The van der Waals surface area contributed by atoms with Gasteiger partial charge in [0.1, 0.15) is 18.0 Å². The summed E-state index contributed by atoms with van der Waals surface area (Å²) in [6.45, 7) is 7.11. The Morgan fingerprint density at radius 1 is 1.30 bits per heavy atom. The third-order valence-electron chi connectivity index (χ3n) is 3.12. The maximum atomic E-state index is 10.8. The molecule has 2 unspecified atom stereocenters. The van der Waals surface area contributed by atoms with Crippen LogP contribution in [0.15, 0.2) is 18.2 Å². The number of rotatable bonds is 4. The van der Waals surface area contributed by atoms with Gasteiger partial charge in [-0.2, -0.15) is 0 Å². The Morgan fingerprint density at radius 2 is 1.90 bits per heavy atom. The van der Waals surface area contributed by atoms with Crippen LogP contribution in [0.5, 0.6) is 5.75 Å². The van der Waals surface area contributed by atoms with Crippen LogP contribution in [0, 0.1) is 0 Å². The Labute approximate surface area is 119 Å². The quantitative estimate of drug-likeness (QED) is 0.668. The number of carbonyl (C=O) groups is 1. The van der Waals surface area contributed by atoms with Gasteiger partial charge in [-0.05, 0) is 11.0 Å². The van der Waals surface area contributed by atoms with Crippen molar-refractivity contribution in [2.45, 2.75) is 45.3 Å². The fourth-order valence-corrected chi connectivity index (χ4v) is 1.97. The molecule has 20 heavy (non-hydrogen) atoms. The van der Waals surface area contributed by atoms with Crippen LogP contribution in [0.25, 0.3) is 0 Å². The van der Waals surface area contributed by atoms with Gasteiger partial charge in [0.05, 0.1) is 0 Å². The van der Waals surface area contributed by atoms with E-state index < -0.39 is 12.2 Å². The first-order valence-corrected chi connectivity index (χ1v) is 6.57. The minimum absolute atomic E-state index is 0.0191. The summed E-state index contributed by atoms with van der Waals surface area (Å²) in [6, 6.07) is 5.07. The Kier molecular flexibility index (Phi) is 5.14. The number of aromatic hydroxyl groups is 1. The summed E-state index contributed by atoms with van der Waals surface area (Å²) >= 11 is 0. The predicted molar refractivity (Wildman–Crippen MR) is 76.5 cm³/mol. The fourth-order valence-electron chi connectivity index (χ4n) is 1.97. The summed E-state index contributed by atoms with van der Waals surface area (Å²) in [5.41, 5.74) is 0.679. The third kappa shape index (κ3) is 3.95. The molecule has 0 aromatic heterocycles. The zero-order valence-electron chi connectivity index (χ0n) is 12.3. The van der Waals surface area contributed by atoms with Crippen molar-refractivity contribution in [2.24, 2.45) is 0 Å². The summed E-state index contributed by atoms with van der Waals surface area (Å²) in [6.07, 6.45) is -2.44. The molecule has 4 N–H and O–H groups in total.